The highest BCUT2D eigenvalue weighted by Gasteiger charge is 2.46. The van der Waals surface area contributed by atoms with Crippen LogP contribution in [0.1, 0.15) is 150 Å². The Kier molecular flexibility index (Phi) is 29.6. The van der Waals surface area contributed by atoms with Gasteiger partial charge < -0.3 is 60.7 Å². The lowest BCUT2D eigenvalue weighted by Crippen LogP contribution is -2.63. The summed E-state index contributed by atoms with van der Waals surface area (Å²) in [7, 11) is 9.78. The third-order valence-corrected chi connectivity index (χ3v) is 15.8. The number of nitrogens with zero attached hydrogens (tertiary/aromatic N) is 7. The summed E-state index contributed by atoms with van der Waals surface area (Å²) in [6.07, 6.45) is 2.85. The summed E-state index contributed by atoms with van der Waals surface area (Å²) in [6.45, 7) is 28.7. The molecule has 0 aliphatic carbocycles. The molecule has 0 aromatic rings. The minimum Gasteiger partial charge on any atom is -0.390 e. The van der Waals surface area contributed by atoms with Crippen molar-refractivity contribution in [2.24, 2.45) is 35.0 Å². The van der Waals surface area contributed by atoms with Gasteiger partial charge in [-0.2, -0.15) is 0 Å². The van der Waals surface area contributed by atoms with E-state index in [1.54, 1.807) is 67.5 Å². The van der Waals surface area contributed by atoms with Crippen molar-refractivity contribution in [1.82, 2.24) is 55.6 Å². The van der Waals surface area contributed by atoms with Gasteiger partial charge in [0.25, 0.3) is 0 Å². The quantitative estimate of drug-likeness (QED) is 0.177. The molecule has 83 heavy (non-hydrogen) atoms. The molecule has 0 saturated carbocycles. The lowest BCUT2D eigenvalue weighted by molar-refractivity contribution is -0.157. The molecule has 0 spiro atoms. The predicted octanol–water partition coefficient (Wildman–Crippen LogP) is 2.63. The summed E-state index contributed by atoms with van der Waals surface area (Å²) in [4.78, 5) is 167. The first-order valence-corrected chi connectivity index (χ1v) is 29.5. The van der Waals surface area contributed by atoms with Crippen molar-refractivity contribution >= 4 is 65.0 Å². The maximum Gasteiger partial charge on any atom is 0.246 e. The van der Waals surface area contributed by atoms with Crippen LogP contribution in [0.15, 0.2) is 12.2 Å². The van der Waals surface area contributed by atoms with Gasteiger partial charge in [0.1, 0.15) is 60.4 Å². The van der Waals surface area contributed by atoms with Gasteiger partial charge in [-0.1, -0.05) is 102 Å². The van der Waals surface area contributed by atoms with Crippen LogP contribution in [0.3, 0.4) is 0 Å². The van der Waals surface area contributed by atoms with Crippen molar-refractivity contribution < 1.29 is 57.8 Å². The summed E-state index contributed by atoms with van der Waals surface area (Å²) in [5.41, 5.74) is -0.937. The molecule has 1 fully saturated rings. The monoisotopic (exact) mass is 1170 g/mol. The van der Waals surface area contributed by atoms with E-state index in [-0.39, 0.29) is 43.4 Å². The van der Waals surface area contributed by atoms with Crippen LogP contribution in [0.25, 0.3) is 0 Å². The number of carbonyl (C=O) groups excluding carboxylic acids is 11. The highest BCUT2D eigenvalue weighted by Crippen LogP contribution is 2.26. The Morgan fingerprint density at radius 2 is 0.964 bits per heavy atom. The smallest absolute Gasteiger partial charge is 0.246 e. The molecular formula is C60H107N11O12. The fourth-order valence-corrected chi connectivity index (χ4v) is 10.1. The van der Waals surface area contributed by atoms with Crippen LogP contribution in [-0.4, -0.2) is 227 Å². The number of carbonyl (C=O) groups is 11. The van der Waals surface area contributed by atoms with E-state index in [1.807, 2.05) is 41.5 Å². The van der Waals surface area contributed by atoms with Crippen molar-refractivity contribution in [2.45, 2.75) is 216 Å². The number of rotatable bonds is 12. The number of hydrogen-bond donors (Lipinski definition) is 5. The zero-order chi connectivity index (χ0) is 64.6. The van der Waals surface area contributed by atoms with E-state index in [9.17, 15) is 48.3 Å². The molecule has 1 saturated heterocycles. The van der Waals surface area contributed by atoms with E-state index in [0.29, 0.717) is 6.42 Å². The highest BCUT2D eigenvalue weighted by molar-refractivity contribution is 5.99. The normalized spacial score (nSPS) is 27.3. The van der Waals surface area contributed by atoms with Gasteiger partial charge >= 0.3 is 0 Å². The molecule has 12 atom stereocenters. The predicted molar refractivity (Wildman–Crippen MR) is 319 cm³/mol. The van der Waals surface area contributed by atoms with Crippen LogP contribution in [0, 0.1) is 35.0 Å². The Balaban J connectivity index is 4.27. The van der Waals surface area contributed by atoms with Gasteiger partial charge in [-0.05, 0) is 94.8 Å². The molecule has 23 heteroatoms. The summed E-state index contributed by atoms with van der Waals surface area (Å²) < 4.78 is 0. The minimum absolute atomic E-state index is 0.0210. The number of nitrogens with one attached hydrogen (secondary N) is 4. The molecule has 11 amide bonds. The first-order chi connectivity index (χ1) is 38.1. The third kappa shape index (κ3) is 20.6. The Hall–Kier alpha value is -6.13. The third-order valence-electron chi connectivity index (χ3n) is 15.8. The lowest BCUT2D eigenvalue weighted by atomic mass is 9.85. The topological polar surface area (TPSA) is 279 Å². The Morgan fingerprint density at radius 1 is 0.518 bits per heavy atom. The number of likely N-dealkylation sites (N-methyl/N-ethyl adjacent to an activating group) is 7. The first-order valence-electron chi connectivity index (χ1n) is 29.5. The maximum absolute atomic E-state index is 15.1. The van der Waals surface area contributed by atoms with Crippen LogP contribution in [0.5, 0.6) is 0 Å². The highest BCUT2D eigenvalue weighted by atomic mass is 16.3. The molecule has 5 N–H and O–H groups in total. The largest absolute Gasteiger partial charge is 0.390 e. The maximum atomic E-state index is 15.1. The number of amides is 11. The van der Waals surface area contributed by atoms with Crippen LogP contribution < -0.4 is 21.3 Å². The van der Waals surface area contributed by atoms with Gasteiger partial charge in [-0.15, -0.1) is 0 Å². The Bertz CT molecular complexity index is 2300. The molecule has 0 radical (unpaired) electrons. The second kappa shape index (κ2) is 32.8. The van der Waals surface area contributed by atoms with Gasteiger partial charge in [-0.3, -0.25) is 52.7 Å². The van der Waals surface area contributed by atoms with E-state index < -0.39 is 155 Å². The van der Waals surface area contributed by atoms with Crippen LogP contribution in [0.2, 0.25) is 0 Å². The van der Waals surface area contributed by atoms with Crippen LogP contribution in [0.4, 0.5) is 0 Å². The molecule has 0 bridgehead atoms. The van der Waals surface area contributed by atoms with Gasteiger partial charge in [-0.25, -0.2) is 0 Å². The number of aliphatic hydroxyl groups excluding tert-OH is 1. The number of hydrogen-bond acceptors (Lipinski definition) is 12. The standard InChI is InChI=1S/C60H107N11O12/c1-25-27-28-37(11)48(73)47-53(77)62-41(26-2)55(79)65(18)32-45(72)66(19)39(13)51(75)64-49(60(15,16)17)59(83)67(20)40(14)50(74)63-42(29-33(3)4)52(76)61-38(12)54(78)68(21)43(30-34(5)6)56(80)69(22)44(31-35(7)8)57(81)70(23)46(36(9)10)58(82)71(47)24/h25,27,33-44,46-49,73H,26,28-32H2,1-24H3,(H,61,76)(H,62,77)(H,63,74)(H,64,75)/b27-25+/t37-,38-,39+,40+,41+,42+,43+,44+,46+,47+,48-,49-/m1/s1. The summed E-state index contributed by atoms with van der Waals surface area (Å²) >= 11 is 0. The number of allylic oxidation sites excluding steroid dienone is 2. The molecule has 1 aliphatic rings. The zero-order valence-electron chi connectivity index (χ0n) is 54.7. The van der Waals surface area contributed by atoms with E-state index >= 15 is 9.59 Å². The van der Waals surface area contributed by atoms with Gasteiger partial charge in [0, 0.05) is 49.3 Å². The molecule has 474 valence electrons. The van der Waals surface area contributed by atoms with E-state index in [0.717, 1.165) is 19.6 Å². The summed E-state index contributed by atoms with van der Waals surface area (Å²) in [5.74, 6) is -9.20. The summed E-state index contributed by atoms with van der Waals surface area (Å²) in [6, 6.07) is -12.4. The average molecular weight is 1170 g/mol. The van der Waals surface area contributed by atoms with E-state index in [1.165, 1.54) is 84.8 Å². The molecule has 1 rings (SSSR count). The van der Waals surface area contributed by atoms with Crippen molar-refractivity contribution in [2.75, 3.05) is 55.9 Å². The molecule has 1 aliphatic heterocycles. The average Bonchev–Trinajstić information content (AvgIpc) is 3.43. The Morgan fingerprint density at radius 3 is 1.42 bits per heavy atom. The van der Waals surface area contributed by atoms with Gasteiger partial charge in [0.15, 0.2) is 0 Å². The second-order valence-electron chi connectivity index (χ2n) is 25.7. The first kappa shape index (κ1) is 74.9. The van der Waals surface area contributed by atoms with E-state index in [4.69, 9.17) is 0 Å². The van der Waals surface area contributed by atoms with Crippen LogP contribution >= 0.6 is 0 Å². The molecule has 0 aromatic heterocycles. The SMILES string of the molecule is C/C=C/C[C@@H](C)[C@@H](O)[C@H]1C(=O)N[C@@H](CC)C(=O)N(C)CC(=O)N(C)[C@@H](C)C(=O)N[C@@H](C(C)(C)C)C(=O)N(C)[C@@H](C)C(=O)N[C@@H](CC(C)C)C(=O)N[C@H](C)C(=O)N(C)[C@@H](CC(C)C)C(=O)N(C)[C@@H](CC(C)C)C(=O)N(C)[C@@H](C(C)C)C(=O)N1C. The zero-order valence-corrected chi connectivity index (χ0v) is 54.7. The lowest BCUT2D eigenvalue weighted by Gasteiger charge is -2.41. The fourth-order valence-electron chi connectivity index (χ4n) is 10.1. The van der Waals surface area contributed by atoms with Gasteiger partial charge in [0.05, 0.1) is 12.6 Å². The fraction of sp³-hybridized carbons (Fsp3) is 0.783. The minimum atomic E-state index is -1.61. The molecule has 0 aromatic carbocycles. The molecule has 0 unspecified atom stereocenters. The van der Waals surface area contributed by atoms with Crippen molar-refractivity contribution in [3.8, 4) is 0 Å². The summed E-state index contributed by atoms with van der Waals surface area (Å²) in [5, 5.41) is 23.0. The van der Waals surface area contributed by atoms with Crippen molar-refractivity contribution in [1.29, 1.82) is 0 Å². The van der Waals surface area contributed by atoms with E-state index in [2.05, 4.69) is 21.3 Å². The Labute approximate surface area is 496 Å². The molecule has 23 nitrogen and oxygen atoms in total. The van der Waals surface area contributed by atoms with Crippen molar-refractivity contribution in [3.05, 3.63) is 12.2 Å². The number of aliphatic hydroxyl groups is 1. The van der Waals surface area contributed by atoms with Crippen molar-refractivity contribution in [3.63, 3.8) is 0 Å². The molecular weight excluding hydrogens is 1070 g/mol. The van der Waals surface area contributed by atoms with Gasteiger partial charge in [0.2, 0.25) is 65.0 Å². The molecule has 1 heterocycles. The second-order valence-corrected chi connectivity index (χ2v) is 25.7. The van der Waals surface area contributed by atoms with Crippen LogP contribution in [-0.2, 0) is 52.7 Å².